The number of aryl methyl sites for hydroxylation is 1. The van der Waals surface area contributed by atoms with Crippen LogP contribution in [0.15, 0.2) is 36.9 Å². The van der Waals surface area contributed by atoms with Crippen molar-refractivity contribution in [2.45, 2.75) is 13.5 Å². The summed E-state index contributed by atoms with van der Waals surface area (Å²) in [7, 11) is 0. The van der Waals surface area contributed by atoms with Gasteiger partial charge < -0.3 is 5.32 Å². The molecule has 0 aliphatic heterocycles. The Bertz CT molecular complexity index is 513. The first kappa shape index (κ1) is 11.2. The molecule has 0 aliphatic carbocycles. The molecule has 2 heterocycles. The number of carbonyl (C=O) groups excluding carboxylic acids is 1. The molecular formula is C12H12N4O. The highest BCUT2D eigenvalue weighted by Crippen LogP contribution is 1.99. The van der Waals surface area contributed by atoms with Crippen LogP contribution in [0.3, 0.4) is 0 Å². The molecule has 1 amide bonds. The Balaban J connectivity index is 1.98. The number of pyridine rings is 1. The summed E-state index contributed by atoms with van der Waals surface area (Å²) in [5.74, 6) is -0.202. The summed E-state index contributed by atoms with van der Waals surface area (Å²) >= 11 is 0. The van der Waals surface area contributed by atoms with Crippen LogP contribution in [0.2, 0.25) is 0 Å². The Labute approximate surface area is 99.0 Å². The molecule has 0 atom stereocenters. The standard InChI is InChI=1S/C12H12N4O/c1-9-6-11(16-8-15-9)12(17)14-7-10-2-4-13-5-3-10/h2-6,8H,7H2,1H3,(H,14,17). The van der Waals surface area contributed by atoms with Gasteiger partial charge in [-0.15, -0.1) is 0 Å². The van der Waals surface area contributed by atoms with Gasteiger partial charge >= 0.3 is 0 Å². The topological polar surface area (TPSA) is 67.8 Å². The largest absolute Gasteiger partial charge is 0.347 e. The fourth-order valence-corrected chi connectivity index (χ4v) is 1.35. The minimum Gasteiger partial charge on any atom is -0.347 e. The second-order valence-corrected chi connectivity index (χ2v) is 3.58. The third kappa shape index (κ3) is 3.07. The Morgan fingerprint density at radius 2 is 2.06 bits per heavy atom. The zero-order valence-electron chi connectivity index (χ0n) is 9.42. The molecule has 5 heteroatoms. The van der Waals surface area contributed by atoms with E-state index in [1.807, 2.05) is 19.1 Å². The summed E-state index contributed by atoms with van der Waals surface area (Å²) in [4.78, 5) is 23.5. The normalized spacial score (nSPS) is 9.94. The van der Waals surface area contributed by atoms with Crippen molar-refractivity contribution in [3.8, 4) is 0 Å². The molecular weight excluding hydrogens is 216 g/mol. The summed E-state index contributed by atoms with van der Waals surface area (Å²) in [6.45, 7) is 2.28. The molecule has 0 bridgehead atoms. The molecule has 2 rings (SSSR count). The van der Waals surface area contributed by atoms with Crippen molar-refractivity contribution in [3.05, 3.63) is 53.9 Å². The summed E-state index contributed by atoms with van der Waals surface area (Å²) in [5.41, 5.74) is 2.15. The van der Waals surface area contributed by atoms with Gasteiger partial charge in [-0.1, -0.05) is 0 Å². The van der Waals surface area contributed by atoms with Crippen LogP contribution >= 0.6 is 0 Å². The van der Waals surface area contributed by atoms with Crippen molar-refractivity contribution in [1.29, 1.82) is 0 Å². The molecule has 2 aromatic rings. The number of carbonyl (C=O) groups is 1. The highest BCUT2D eigenvalue weighted by atomic mass is 16.1. The van der Waals surface area contributed by atoms with E-state index in [1.165, 1.54) is 6.33 Å². The van der Waals surface area contributed by atoms with Gasteiger partial charge in [-0.25, -0.2) is 9.97 Å². The van der Waals surface area contributed by atoms with Gasteiger partial charge in [0.25, 0.3) is 5.91 Å². The lowest BCUT2D eigenvalue weighted by Gasteiger charge is -2.04. The van der Waals surface area contributed by atoms with E-state index in [2.05, 4.69) is 20.3 Å². The number of hydrogen-bond donors (Lipinski definition) is 1. The van der Waals surface area contributed by atoms with E-state index in [1.54, 1.807) is 18.5 Å². The summed E-state index contributed by atoms with van der Waals surface area (Å²) in [5, 5.41) is 2.79. The Morgan fingerprint density at radius 1 is 1.29 bits per heavy atom. The van der Waals surface area contributed by atoms with Crippen molar-refractivity contribution < 1.29 is 4.79 Å². The van der Waals surface area contributed by atoms with Gasteiger partial charge in [0.15, 0.2) is 0 Å². The smallest absolute Gasteiger partial charge is 0.270 e. The van der Waals surface area contributed by atoms with E-state index in [0.29, 0.717) is 12.2 Å². The van der Waals surface area contributed by atoms with E-state index in [-0.39, 0.29) is 5.91 Å². The van der Waals surface area contributed by atoms with Crippen LogP contribution in [0.5, 0.6) is 0 Å². The fraction of sp³-hybridized carbons (Fsp3) is 0.167. The van der Waals surface area contributed by atoms with Crippen molar-refractivity contribution in [3.63, 3.8) is 0 Å². The number of nitrogens with one attached hydrogen (secondary N) is 1. The van der Waals surface area contributed by atoms with Crippen LogP contribution < -0.4 is 5.32 Å². The van der Waals surface area contributed by atoms with Crippen LogP contribution in [0.4, 0.5) is 0 Å². The average molecular weight is 228 g/mol. The first-order valence-electron chi connectivity index (χ1n) is 5.21. The van der Waals surface area contributed by atoms with Gasteiger partial charge in [-0.05, 0) is 30.7 Å². The van der Waals surface area contributed by atoms with E-state index in [0.717, 1.165) is 11.3 Å². The Kier molecular flexibility index (Phi) is 3.40. The predicted octanol–water partition coefficient (Wildman–Crippen LogP) is 1.11. The van der Waals surface area contributed by atoms with E-state index >= 15 is 0 Å². The summed E-state index contributed by atoms with van der Waals surface area (Å²) in [6, 6.07) is 5.36. The van der Waals surface area contributed by atoms with Crippen LogP contribution in [0.1, 0.15) is 21.7 Å². The lowest BCUT2D eigenvalue weighted by atomic mass is 10.2. The number of amides is 1. The Morgan fingerprint density at radius 3 is 2.76 bits per heavy atom. The molecule has 2 aromatic heterocycles. The maximum atomic E-state index is 11.8. The van der Waals surface area contributed by atoms with E-state index in [9.17, 15) is 4.79 Å². The van der Waals surface area contributed by atoms with Gasteiger partial charge in [0, 0.05) is 24.6 Å². The van der Waals surface area contributed by atoms with Crippen molar-refractivity contribution >= 4 is 5.91 Å². The van der Waals surface area contributed by atoms with Crippen LogP contribution in [-0.4, -0.2) is 20.9 Å². The van der Waals surface area contributed by atoms with Crippen LogP contribution in [0.25, 0.3) is 0 Å². The molecule has 86 valence electrons. The highest BCUT2D eigenvalue weighted by molar-refractivity contribution is 5.92. The number of hydrogen-bond acceptors (Lipinski definition) is 4. The van der Waals surface area contributed by atoms with Crippen LogP contribution in [0, 0.1) is 6.92 Å². The first-order chi connectivity index (χ1) is 8.25. The lowest BCUT2D eigenvalue weighted by molar-refractivity contribution is 0.0945. The zero-order chi connectivity index (χ0) is 12.1. The van der Waals surface area contributed by atoms with E-state index in [4.69, 9.17) is 0 Å². The first-order valence-corrected chi connectivity index (χ1v) is 5.21. The molecule has 0 aliphatic rings. The number of rotatable bonds is 3. The number of nitrogens with zero attached hydrogens (tertiary/aromatic N) is 3. The second-order valence-electron chi connectivity index (χ2n) is 3.58. The molecule has 0 saturated carbocycles. The monoisotopic (exact) mass is 228 g/mol. The molecule has 0 radical (unpaired) electrons. The predicted molar refractivity (Wildman–Crippen MR) is 62.2 cm³/mol. The van der Waals surface area contributed by atoms with Gasteiger partial charge in [0.05, 0.1) is 0 Å². The fourth-order valence-electron chi connectivity index (χ4n) is 1.35. The molecule has 1 N–H and O–H groups in total. The van der Waals surface area contributed by atoms with Gasteiger partial charge in [0.1, 0.15) is 12.0 Å². The molecule has 0 unspecified atom stereocenters. The maximum Gasteiger partial charge on any atom is 0.270 e. The van der Waals surface area contributed by atoms with Gasteiger partial charge in [0.2, 0.25) is 0 Å². The van der Waals surface area contributed by atoms with Gasteiger partial charge in [-0.2, -0.15) is 0 Å². The zero-order valence-corrected chi connectivity index (χ0v) is 9.42. The maximum absolute atomic E-state index is 11.8. The van der Waals surface area contributed by atoms with Crippen molar-refractivity contribution in [2.75, 3.05) is 0 Å². The molecule has 17 heavy (non-hydrogen) atoms. The molecule has 0 aromatic carbocycles. The third-order valence-corrected chi connectivity index (χ3v) is 2.24. The average Bonchev–Trinajstić information content (AvgIpc) is 2.37. The number of aromatic nitrogens is 3. The summed E-state index contributed by atoms with van der Waals surface area (Å²) < 4.78 is 0. The highest BCUT2D eigenvalue weighted by Gasteiger charge is 2.06. The minimum atomic E-state index is -0.202. The van der Waals surface area contributed by atoms with Crippen molar-refractivity contribution in [1.82, 2.24) is 20.3 Å². The molecule has 0 saturated heterocycles. The molecule has 0 spiro atoms. The third-order valence-electron chi connectivity index (χ3n) is 2.24. The summed E-state index contributed by atoms with van der Waals surface area (Å²) in [6.07, 6.45) is 4.77. The van der Waals surface area contributed by atoms with Crippen molar-refractivity contribution in [2.24, 2.45) is 0 Å². The minimum absolute atomic E-state index is 0.202. The van der Waals surface area contributed by atoms with Gasteiger partial charge in [-0.3, -0.25) is 9.78 Å². The molecule has 0 fully saturated rings. The lowest BCUT2D eigenvalue weighted by Crippen LogP contribution is -2.24. The molecule has 5 nitrogen and oxygen atoms in total. The Hall–Kier alpha value is -2.30. The van der Waals surface area contributed by atoms with Crippen LogP contribution in [-0.2, 0) is 6.54 Å². The quantitative estimate of drug-likeness (QED) is 0.854. The van der Waals surface area contributed by atoms with E-state index < -0.39 is 0 Å². The SMILES string of the molecule is Cc1cc(C(=O)NCc2ccncc2)ncn1. The second kappa shape index (κ2) is 5.16.